The first-order chi connectivity index (χ1) is 7.57. The Morgan fingerprint density at radius 1 is 1.25 bits per heavy atom. The van der Waals surface area contributed by atoms with E-state index in [0.717, 1.165) is 31.5 Å². The predicted octanol–water partition coefficient (Wildman–Crippen LogP) is -1.44. The molecule has 1 rings (SSSR count). The van der Waals surface area contributed by atoms with Crippen LogP contribution in [0.2, 0.25) is 0 Å². The van der Waals surface area contributed by atoms with E-state index in [1.807, 2.05) is 4.90 Å². The van der Waals surface area contributed by atoms with Gasteiger partial charge in [-0.3, -0.25) is 14.4 Å². The SMILES string of the molecule is O=S(O)(=CCN1CCN(CCO)CC1)OO. The van der Waals surface area contributed by atoms with Crippen molar-refractivity contribution in [3.63, 3.8) is 0 Å². The number of piperazine rings is 1. The zero-order valence-corrected chi connectivity index (χ0v) is 9.80. The Morgan fingerprint density at radius 2 is 1.81 bits per heavy atom. The van der Waals surface area contributed by atoms with Gasteiger partial charge >= 0.3 is 0 Å². The molecule has 1 aliphatic heterocycles. The van der Waals surface area contributed by atoms with Crippen molar-refractivity contribution in [2.24, 2.45) is 0 Å². The van der Waals surface area contributed by atoms with Crippen LogP contribution in [0.25, 0.3) is 0 Å². The van der Waals surface area contributed by atoms with E-state index in [9.17, 15) is 4.21 Å². The van der Waals surface area contributed by atoms with Crippen LogP contribution in [-0.2, 0) is 14.4 Å². The van der Waals surface area contributed by atoms with Gasteiger partial charge in [-0.25, -0.2) is 9.47 Å². The predicted molar refractivity (Wildman–Crippen MR) is 60.5 cm³/mol. The van der Waals surface area contributed by atoms with Crippen LogP contribution in [0.5, 0.6) is 0 Å². The lowest BCUT2D eigenvalue weighted by Crippen LogP contribution is -2.47. The van der Waals surface area contributed by atoms with Crippen LogP contribution in [0.4, 0.5) is 0 Å². The van der Waals surface area contributed by atoms with Crippen molar-refractivity contribution in [3.8, 4) is 0 Å². The fraction of sp³-hybridized carbons (Fsp3) is 0.875. The fourth-order valence-electron chi connectivity index (χ4n) is 1.57. The first kappa shape index (κ1) is 13.8. The molecule has 1 fully saturated rings. The average Bonchev–Trinajstić information content (AvgIpc) is 2.29. The van der Waals surface area contributed by atoms with Crippen LogP contribution in [0.3, 0.4) is 0 Å². The second-order valence-electron chi connectivity index (χ2n) is 3.62. The largest absolute Gasteiger partial charge is 0.395 e. The van der Waals surface area contributed by atoms with Crippen molar-refractivity contribution in [1.82, 2.24) is 9.80 Å². The van der Waals surface area contributed by atoms with Crippen molar-refractivity contribution >= 4 is 15.5 Å². The highest BCUT2D eigenvalue weighted by atomic mass is 32.2. The molecular weight excluding hydrogens is 236 g/mol. The van der Waals surface area contributed by atoms with E-state index in [1.165, 1.54) is 0 Å². The number of aliphatic hydroxyl groups is 1. The number of hydrogen-bond donors (Lipinski definition) is 3. The molecule has 1 atom stereocenters. The van der Waals surface area contributed by atoms with E-state index in [1.54, 1.807) is 0 Å². The maximum Gasteiger partial charge on any atom is 0.227 e. The molecule has 8 heteroatoms. The molecular formula is C8H18N2O5S. The summed E-state index contributed by atoms with van der Waals surface area (Å²) >= 11 is 0. The number of nitrogens with zero attached hydrogens (tertiary/aromatic N) is 2. The molecule has 3 N–H and O–H groups in total. The van der Waals surface area contributed by atoms with Gasteiger partial charge in [0, 0.05) is 44.6 Å². The first-order valence-electron chi connectivity index (χ1n) is 5.06. The molecule has 0 aromatic rings. The Morgan fingerprint density at radius 3 is 2.31 bits per heavy atom. The van der Waals surface area contributed by atoms with Gasteiger partial charge in [-0.1, -0.05) is 0 Å². The molecule has 0 bridgehead atoms. The summed E-state index contributed by atoms with van der Waals surface area (Å²) in [5.74, 6) is 0. The molecule has 0 aromatic carbocycles. The number of hydrogen-bond acceptors (Lipinski definition) is 6. The Balaban J connectivity index is 2.33. The van der Waals surface area contributed by atoms with Gasteiger partial charge in [-0.2, -0.15) is 0 Å². The van der Waals surface area contributed by atoms with E-state index in [4.69, 9.17) is 14.9 Å². The Labute approximate surface area is 95.2 Å². The molecule has 0 saturated carbocycles. The van der Waals surface area contributed by atoms with Gasteiger partial charge < -0.3 is 5.11 Å². The second-order valence-corrected chi connectivity index (χ2v) is 5.13. The average molecular weight is 254 g/mol. The van der Waals surface area contributed by atoms with Gasteiger partial charge in [0.15, 0.2) is 0 Å². The fourth-order valence-corrected chi connectivity index (χ4v) is 2.03. The summed E-state index contributed by atoms with van der Waals surface area (Å²) in [5.41, 5.74) is 0. The zero-order valence-electron chi connectivity index (χ0n) is 8.99. The van der Waals surface area contributed by atoms with Crippen LogP contribution in [-0.4, -0.2) is 80.2 Å². The quantitative estimate of drug-likeness (QED) is 0.314. The van der Waals surface area contributed by atoms with Crippen LogP contribution >= 0.6 is 0 Å². The van der Waals surface area contributed by atoms with Gasteiger partial charge in [-0.05, 0) is 0 Å². The highest BCUT2D eigenvalue weighted by Crippen LogP contribution is 2.00. The standard InChI is InChI=1S/C8H18N2O5S/c11-7-5-9-1-3-10(4-2-9)6-8-16(13,14)15-12/h8,11-12H,1-7H2,(H,13,14). The molecule has 1 aliphatic rings. The molecule has 1 saturated heterocycles. The molecule has 7 nitrogen and oxygen atoms in total. The highest BCUT2D eigenvalue weighted by Gasteiger charge is 2.15. The molecule has 0 aromatic heterocycles. The van der Waals surface area contributed by atoms with E-state index < -0.39 is 10.1 Å². The van der Waals surface area contributed by atoms with Gasteiger partial charge in [0.05, 0.1) is 6.61 Å². The van der Waals surface area contributed by atoms with Crippen LogP contribution in [0, 0.1) is 0 Å². The van der Waals surface area contributed by atoms with Gasteiger partial charge in [0.1, 0.15) is 0 Å². The van der Waals surface area contributed by atoms with Gasteiger partial charge in [-0.15, -0.1) is 4.33 Å². The van der Waals surface area contributed by atoms with Crippen LogP contribution in [0.1, 0.15) is 0 Å². The lowest BCUT2D eigenvalue weighted by molar-refractivity contribution is -0.133. The Bertz CT molecular complexity index is 308. The van der Waals surface area contributed by atoms with E-state index >= 15 is 0 Å². The van der Waals surface area contributed by atoms with Crippen molar-refractivity contribution in [2.45, 2.75) is 0 Å². The summed E-state index contributed by atoms with van der Waals surface area (Å²) in [5, 5.41) is 17.9. The number of aliphatic hydroxyl groups excluding tert-OH is 1. The molecule has 0 radical (unpaired) electrons. The lowest BCUT2D eigenvalue weighted by atomic mass is 10.3. The number of β-amino-alcohol motifs (C(OH)–C–C–N with tert-alkyl or cyclic N) is 1. The first-order valence-corrected chi connectivity index (χ1v) is 6.56. The molecule has 1 heterocycles. The summed E-state index contributed by atoms with van der Waals surface area (Å²) in [7, 11) is -3.66. The summed E-state index contributed by atoms with van der Waals surface area (Å²) in [6, 6.07) is 0. The second kappa shape index (κ2) is 6.50. The normalized spacial score (nSPS) is 22.9. The summed E-state index contributed by atoms with van der Waals surface area (Å²) in [6.45, 7) is 4.27. The van der Waals surface area contributed by atoms with Crippen molar-refractivity contribution in [2.75, 3.05) is 45.9 Å². The zero-order chi connectivity index (χ0) is 12.0. The van der Waals surface area contributed by atoms with E-state index in [0.29, 0.717) is 13.1 Å². The molecule has 96 valence electrons. The highest BCUT2D eigenvalue weighted by molar-refractivity contribution is 7.91. The smallest absolute Gasteiger partial charge is 0.227 e. The third kappa shape index (κ3) is 4.74. The maximum absolute atomic E-state index is 10.9. The Hall–Kier alpha value is -0.220. The van der Waals surface area contributed by atoms with E-state index in [2.05, 4.69) is 9.23 Å². The third-order valence-corrected chi connectivity index (χ3v) is 3.32. The monoisotopic (exact) mass is 254 g/mol. The molecule has 0 spiro atoms. The molecule has 0 amide bonds. The summed E-state index contributed by atoms with van der Waals surface area (Å²) in [6.07, 6.45) is 0. The minimum atomic E-state index is -3.66. The summed E-state index contributed by atoms with van der Waals surface area (Å²) < 4.78 is 23.3. The number of rotatable bonds is 5. The minimum absolute atomic E-state index is 0.148. The van der Waals surface area contributed by atoms with Gasteiger partial charge in [0.25, 0.3) is 0 Å². The lowest BCUT2D eigenvalue weighted by Gasteiger charge is -2.33. The third-order valence-electron chi connectivity index (χ3n) is 2.53. The molecule has 0 aliphatic carbocycles. The van der Waals surface area contributed by atoms with Crippen molar-refractivity contribution in [1.29, 1.82) is 0 Å². The Kier molecular flexibility index (Phi) is 5.62. The van der Waals surface area contributed by atoms with Gasteiger partial charge in [0.2, 0.25) is 10.1 Å². The molecule has 1 unspecified atom stereocenters. The minimum Gasteiger partial charge on any atom is -0.395 e. The van der Waals surface area contributed by atoms with Crippen molar-refractivity contribution in [3.05, 3.63) is 0 Å². The van der Waals surface area contributed by atoms with Crippen LogP contribution < -0.4 is 0 Å². The summed E-state index contributed by atoms with van der Waals surface area (Å²) in [4.78, 5) is 4.10. The maximum atomic E-state index is 10.9. The van der Waals surface area contributed by atoms with E-state index in [-0.39, 0.29) is 6.61 Å². The topological polar surface area (TPSA) is 93.5 Å². The van der Waals surface area contributed by atoms with Crippen LogP contribution in [0.15, 0.2) is 0 Å². The molecule has 16 heavy (non-hydrogen) atoms. The van der Waals surface area contributed by atoms with Crippen molar-refractivity contribution < 1.29 is 23.5 Å².